The Kier molecular flexibility index (Phi) is 5.69. The first kappa shape index (κ1) is 13.9. The zero-order valence-corrected chi connectivity index (χ0v) is 14.1. The van der Waals surface area contributed by atoms with Crippen molar-refractivity contribution in [1.82, 2.24) is 0 Å². The molecule has 1 atom stereocenters. The SMILES string of the molecule is CC([NH-])c1ccc(-c2ccccc2)cc1.[Ac]. The van der Waals surface area contributed by atoms with E-state index in [2.05, 4.69) is 24.3 Å². The van der Waals surface area contributed by atoms with Crippen molar-refractivity contribution in [1.29, 1.82) is 0 Å². The molecule has 1 nitrogen and oxygen atoms in total. The molecule has 2 heteroatoms. The topological polar surface area (TPSA) is 23.8 Å². The Morgan fingerprint density at radius 2 is 1.31 bits per heavy atom. The standard InChI is InChI=1S/C14H14N.Ac/c1-11(15)12-7-9-14(10-8-12)13-5-3-2-4-6-13;/h2-11,15H,1H3;/q-1;. The first-order valence-electron chi connectivity index (χ1n) is 5.14. The zero-order chi connectivity index (χ0) is 10.7. The molecule has 2 aromatic rings. The molecule has 0 spiro atoms. The second kappa shape index (κ2) is 6.55. The van der Waals surface area contributed by atoms with Gasteiger partial charge in [0.2, 0.25) is 0 Å². The van der Waals surface area contributed by atoms with Crippen LogP contribution >= 0.6 is 0 Å². The smallest absolute Gasteiger partial charge is 0 e. The molecule has 0 saturated carbocycles. The van der Waals surface area contributed by atoms with E-state index in [0.717, 1.165) is 5.56 Å². The van der Waals surface area contributed by atoms with Gasteiger partial charge in [0, 0.05) is 44.1 Å². The van der Waals surface area contributed by atoms with Crippen molar-refractivity contribution in [2.24, 2.45) is 0 Å². The van der Waals surface area contributed by atoms with E-state index in [1.54, 1.807) is 0 Å². The molecule has 0 amide bonds. The maximum Gasteiger partial charge on any atom is 0 e. The van der Waals surface area contributed by atoms with E-state index in [-0.39, 0.29) is 50.1 Å². The van der Waals surface area contributed by atoms with Gasteiger partial charge >= 0.3 is 0 Å². The Balaban J connectivity index is 0.00000128. The molecule has 79 valence electrons. The molecule has 2 aromatic carbocycles. The fourth-order valence-corrected chi connectivity index (χ4v) is 1.59. The Hall–Kier alpha value is -0.158. The van der Waals surface area contributed by atoms with Crippen LogP contribution in [0.4, 0.5) is 0 Å². The molecule has 0 aliphatic carbocycles. The third-order valence-electron chi connectivity index (χ3n) is 2.52. The first-order valence-corrected chi connectivity index (χ1v) is 5.14. The average Bonchev–Trinajstić information content (AvgIpc) is 2.30. The Morgan fingerprint density at radius 3 is 1.81 bits per heavy atom. The van der Waals surface area contributed by atoms with Crippen LogP contribution in [-0.4, -0.2) is 0 Å². The van der Waals surface area contributed by atoms with Crippen molar-refractivity contribution in [3.63, 3.8) is 0 Å². The average molecular weight is 423 g/mol. The molecule has 2 rings (SSSR count). The minimum atomic E-state index is -0.144. The summed E-state index contributed by atoms with van der Waals surface area (Å²) < 4.78 is 0. The van der Waals surface area contributed by atoms with Crippen molar-refractivity contribution in [3.05, 3.63) is 65.9 Å². The van der Waals surface area contributed by atoms with Gasteiger partial charge < -0.3 is 5.73 Å². The summed E-state index contributed by atoms with van der Waals surface area (Å²) in [6, 6.07) is 18.4. The Bertz CT molecular complexity index is 420. The van der Waals surface area contributed by atoms with Crippen LogP contribution in [0.3, 0.4) is 0 Å². The number of hydrogen-bond acceptors (Lipinski definition) is 0. The van der Waals surface area contributed by atoms with Crippen LogP contribution in [0.1, 0.15) is 18.5 Å². The minimum absolute atomic E-state index is 0. The van der Waals surface area contributed by atoms with Gasteiger partial charge in [0.05, 0.1) is 0 Å². The van der Waals surface area contributed by atoms with Crippen LogP contribution in [0, 0.1) is 44.1 Å². The van der Waals surface area contributed by atoms with E-state index in [4.69, 9.17) is 5.73 Å². The summed E-state index contributed by atoms with van der Waals surface area (Å²) in [5.74, 6) is 0. The molecule has 1 N–H and O–H groups in total. The van der Waals surface area contributed by atoms with Gasteiger partial charge in [-0.2, -0.15) is 0 Å². The van der Waals surface area contributed by atoms with Gasteiger partial charge in [0.1, 0.15) is 0 Å². The van der Waals surface area contributed by atoms with Crippen LogP contribution in [-0.2, 0) is 0 Å². The predicted molar refractivity (Wildman–Crippen MR) is 64.6 cm³/mol. The van der Waals surface area contributed by atoms with Gasteiger partial charge in [-0.1, -0.05) is 67.1 Å². The van der Waals surface area contributed by atoms with E-state index in [1.165, 1.54) is 11.1 Å². The predicted octanol–water partition coefficient (Wildman–Crippen LogP) is 4.47. The van der Waals surface area contributed by atoms with Crippen molar-refractivity contribution in [2.75, 3.05) is 0 Å². The molecule has 0 saturated heterocycles. The molecule has 0 fully saturated rings. The molecule has 0 aliphatic heterocycles. The molecule has 1 unspecified atom stereocenters. The molecule has 1 radical (unpaired) electrons. The fourth-order valence-electron chi connectivity index (χ4n) is 1.59. The summed E-state index contributed by atoms with van der Waals surface area (Å²) in [6.45, 7) is 1.89. The van der Waals surface area contributed by atoms with E-state index >= 15 is 0 Å². The van der Waals surface area contributed by atoms with Crippen LogP contribution in [0.15, 0.2) is 54.6 Å². The van der Waals surface area contributed by atoms with Crippen LogP contribution in [0.25, 0.3) is 16.9 Å². The van der Waals surface area contributed by atoms with Crippen LogP contribution in [0.2, 0.25) is 0 Å². The van der Waals surface area contributed by atoms with Crippen molar-refractivity contribution >= 4 is 0 Å². The van der Waals surface area contributed by atoms with E-state index in [0.29, 0.717) is 0 Å². The number of rotatable bonds is 2. The zero-order valence-electron chi connectivity index (χ0n) is 9.35. The van der Waals surface area contributed by atoms with Gasteiger partial charge in [0.25, 0.3) is 0 Å². The van der Waals surface area contributed by atoms with E-state index in [9.17, 15) is 0 Å². The van der Waals surface area contributed by atoms with Gasteiger partial charge in [-0.25, -0.2) is 0 Å². The molecule has 16 heavy (non-hydrogen) atoms. The fraction of sp³-hybridized carbons (Fsp3) is 0.143. The Morgan fingerprint density at radius 1 is 0.812 bits per heavy atom. The molecular formula is C14H14AcN-. The quantitative estimate of drug-likeness (QED) is 0.681. The van der Waals surface area contributed by atoms with Gasteiger partial charge in [-0.15, -0.1) is 6.04 Å². The third-order valence-corrected chi connectivity index (χ3v) is 2.52. The number of benzene rings is 2. The molecule has 0 bridgehead atoms. The van der Waals surface area contributed by atoms with E-state index < -0.39 is 0 Å². The number of hydrogen-bond donors (Lipinski definition) is 0. The normalized spacial score (nSPS) is 11.6. The molecular weight excluding hydrogens is 409 g/mol. The summed E-state index contributed by atoms with van der Waals surface area (Å²) >= 11 is 0. The summed E-state index contributed by atoms with van der Waals surface area (Å²) in [5, 5.41) is 0. The van der Waals surface area contributed by atoms with Crippen molar-refractivity contribution in [2.45, 2.75) is 13.0 Å². The molecule has 0 aliphatic rings. The molecule has 0 aromatic heterocycles. The van der Waals surface area contributed by atoms with Gasteiger partial charge in [-0.3, -0.25) is 0 Å². The number of nitrogens with one attached hydrogen (secondary N) is 1. The monoisotopic (exact) mass is 423 g/mol. The minimum Gasteiger partial charge on any atom is -0.671 e. The summed E-state index contributed by atoms with van der Waals surface area (Å²) in [4.78, 5) is 0. The van der Waals surface area contributed by atoms with Gasteiger partial charge in [0.15, 0.2) is 0 Å². The largest absolute Gasteiger partial charge is 0.671 e. The first-order chi connectivity index (χ1) is 7.27. The Labute approximate surface area is 133 Å². The molecule has 0 heterocycles. The van der Waals surface area contributed by atoms with Gasteiger partial charge in [-0.05, 0) is 11.1 Å². The summed E-state index contributed by atoms with van der Waals surface area (Å²) in [7, 11) is 0. The third kappa shape index (κ3) is 3.42. The van der Waals surface area contributed by atoms with Crippen molar-refractivity contribution in [3.8, 4) is 11.1 Å². The maximum atomic E-state index is 7.59. The second-order valence-corrected chi connectivity index (χ2v) is 3.71. The summed E-state index contributed by atoms with van der Waals surface area (Å²) in [6.07, 6.45) is 0. The van der Waals surface area contributed by atoms with Crippen molar-refractivity contribution < 1.29 is 44.1 Å². The van der Waals surface area contributed by atoms with E-state index in [1.807, 2.05) is 37.3 Å². The van der Waals surface area contributed by atoms with Crippen LogP contribution in [0.5, 0.6) is 0 Å². The van der Waals surface area contributed by atoms with Crippen LogP contribution < -0.4 is 0 Å². The summed E-state index contributed by atoms with van der Waals surface area (Å²) in [5.41, 5.74) is 11.1. The maximum absolute atomic E-state index is 7.59. The second-order valence-electron chi connectivity index (χ2n) is 3.71.